The van der Waals surface area contributed by atoms with Crippen LogP contribution in [0.25, 0.3) is 16.7 Å². The highest BCUT2D eigenvalue weighted by atomic mass is 16.3. The quantitative estimate of drug-likeness (QED) is 0.666. The molecule has 0 radical (unpaired) electrons. The summed E-state index contributed by atoms with van der Waals surface area (Å²) in [6.45, 7) is 6.20. The molecular weight excluding hydrogens is 332 g/mol. The lowest BCUT2D eigenvalue weighted by Gasteiger charge is -2.32. The number of aliphatic hydroxyl groups excluding tert-OH is 1. The smallest absolute Gasteiger partial charge is 0.167 e. The molecule has 0 amide bonds. The average molecular weight is 360 g/mol. The Bertz CT molecular complexity index is 902. The van der Waals surface area contributed by atoms with Gasteiger partial charge in [0.25, 0.3) is 0 Å². The van der Waals surface area contributed by atoms with Crippen molar-refractivity contribution in [3.63, 3.8) is 0 Å². The summed E-state index contributed by atoms with van der Waals surface area (Å²) in [4.78, 5) is 12.9. The van der Waals surface area contributed by atoms with Gasteiger partial charge in [-0.2, -0.15) is 0 Å². The monoisotopic (exact) mass is 360 g/mol. The molecule has 0 atom stereocenters. The second-order valence-corrected chi connectivity index (χ2v) is 8.52. The molecule has 1 spiro atoms. The molecule has 27 heavy (non-hydrogen) atoms. The van der Waals surface area contributed by atoms with E-state index in [0.29, 0.717) is 17.8 Å². The summed E-state index contributed by atoms with van der Waals surface area (Å²) >= 11 is 0. The van der Waals surface area contributed by atoms with Gasteiger partial charge in [0.15, 0.2) is 5.78 Å². The van der Waals surface area contributed by atoms with E-state index in [1.54, 1.807) is 0 Å². The van der Waals surface area contributed by atoms with Crippen molar-refractivity contribution in [2.45, 2.75) is 59.3 Å². The molecule has 4 rings (SSSR count). The van der Waals surface area contributed by atoms with Crippen LogP contribution in [0, 0.1) is 26.2 Å². The minimum atomic E-state index is -0.292. The number of hydrogen-bond donors (Lipinski definition) is 1. The zero-order chi connectivity index (χ0) is 19.2. The first-order valence-corrected chi connectivity index (χ1v) is 10.1. The Kier molecular flexibility index (Phi) is 4.46. The molecule has 2 aliphatic carbocycles. The normalized spacial score (nSPS) is 19.1. The average Bonchev–Trinajstić information content (AvgIpc) is 2.86. The Labute approximate surface area is 161 Å². The zero-order valence-corrected chi connectivity index (χ0v) is 16.6. The third-order valence-corrected chi connectivity index (χ3v) is 6.50. The van der Waals surface area contributed by atoms with E-state index in [4.69, 9.17) is 0 Å². The van der Waals surface area contributed by atoms with Crippen LogP contribution in [0.1, 0.15) is 60.8 Å². The molecule has 2 heteroatoms. The Hall–Kier alpha value is -2.35. The van der Waals surface area contributed by atoms with Gasteiger partial charge >= 0.3 is 0 Å². The number of rotatable bonds is 2. The van der Waals surface area contributed by atoms with Gasteiger partial charge in [0.1, 0.15) is 5.76 Å². The molecule has 2 aromatic rings. The van der Waals surface area contributed by atoms with Crippen LogP contribution >= 0.6 is 0 Å². The Morgan fingerprint density at radius 1 is 0.852 bits per heavy atom. The van der Waals surface area contributed by atoms with Gasteiger partial charge in [0.2, 0.25) is 0 Å². The second-order valence-electron chi connectivity index (χ2n) is 8.52. The highest BCUT2D eigenvalue weighted by Gasteiger charge is 2.47. The second kappa shape index (κ2) is 6.67. The molecular formula is C25H28O2. The lowest BCUT2D eigenvalue weighted by molar-refractivity contribution is -0.114. The maximum absolute atomic E-state index is 12.9. The van der Waals surface area contributed by atoms with Gasteiger partial charge in [0, 0.05) is 11.8 Å². The first-order valence-electron chi connectivity index (χ1n) is 10.1. The summed E-state index contributed by atoms with van der Waals surface area (Å²) in [5, 5.41) is 11.1. The number of allylic oxidation sites excluding steroid dienone is 2. The third kappa shape index (κ3) is 3.01. The number of ketones is 1. The molecule has 2 aliphatic rings. The van der Waals surface area contributed by atoms with Gasteiger partial charge in [-0.05, 0) is 61.4 Å². The van der Waals surface area contributed by atoms with Gasteiger partial charge in [-0.1, -0.05) is 61.2 Å². The van der Waals surface area contributed by atoms with Crippen molar-refractivity contribution in [2.24, 2.45) is 5.41 Å². The molecule has 0 aromatic heterocycles. The number of Topliss-reactive ketones (excluding diaryl/α,β-unsaturated/α-hetero) is 1. The van der Waals surface area contributed by atoms with Crippen molar-refractivity contribution in [3.05, 3.63) is 64.4 Å². The largest absolute Gasteiger partial charge is 0.511 e. The minimum absolute atomic E-state index is 0.115. The van der Waals surface area contributed by atoms with Gasteiger partial charge in [-0.25, -0.2) is 0 Å². The summed E-state index contributed by atoms with van der Waals surface area (Å²) in [7, 11) is 0. The topological polar surface area (TPSA) is 37.3 Å². The Balaban J connectivity index is 1.80. The number of benzene rings is 2. The van der Waals surface area contributed by atoms with E-state index in [0.717, 1.165) is 47.9 Å². The summed E-state index contributed by atoms with van der Waals surface area (Å²) < 4.78 is 0. The first kappa shape index (κ1) is 18.0. The fourth-order valence-corrected chi connectivity index (χ4v) is 5.05. The summed E-state index contributed by atoms with van der Waals surface area (Å²) in [6, 6.07) is 12.8. The first-order chi connectivity index (χ1) is 12.9. The molecule has 0 bridgehead atoms. The predicted octanol–water partition coefficient (Wildman–Crippen LogP) is 6.47. The van der Waals surface area contributed by atoms with E-state index in [1.165, 1.54) is 17.5 Å². The van der Waals surface area contributed by atoms with Gasteiger partial charge in [0.05, 0.1) is 5.57 Å². The minimum Gasteiger partial charge on any atom is -0.511 e. The van der Waals surface area contributed by atoms with Gasteiger partial charge < -0.3 is 5.11 Å². The van der Waals surface area contributed by atoms with Crippen molar-refractivity contribution >= 4 is 11.4 Å². The summed E-state index contributed by atoms with van der Waals surface area (Å²) in [5.41, 5.74) is 6.94. The van der Waals surface area contributed by atoms with Crippen LogP contribution in [0.4, 0.5) is 0 Å². The molecule has 1 N–H and O–H groups in total. The van der Waals surface area contributed by atoms with Crippen LogP contribution in [-0.4, -0.2) is 10.9 Å². The summed E-state index contributed by atoms with van der Waals surface area (Å²) in [5.74, 6) is 0.477. The van der Waals surface area contributed by atoms with E-state index < -0.39 is 0 Å². The van der Waals surface area contributed by atoms with Crippen LogP contribution in [-0.2, 0) is 4.79 Å². The van der Waals surface area contributed by atoms with Crippen LogP contribution < -0.4 is 0 Å². The van der Waals surface area contributed by atoms with Crippen molar-refractivity contribution in [1.82, 2.24) is 0 Å². The highest BCUT2D eigenvalue weighted by Crippen LogP contribution is 2.52. The molecule has 140 valence electrons. The Morgan fingerprint density at radius 2 is 1.44 bits per heavy atom. The van der Waals surface area contributed by atoms with Crippen LogP contribution in [0.15, 0.2) is 42.2 Å². The van der Waals surface area contributed by atoms with Crippen molar-refractivity contribution in [2.75, 3.05) is 0 Å². The lowest BCUT2D eigenvalue weighted by atomic mass is 9.72. The maximum Gasteiger partial charge on any atom is 0.167 e. The SMILES string of the molecule is Cc1ccc(-c2cc(C)c(C3=C(O)C4(CCCCC4)CC3=O)c(C)c2)cc1. The number of hydrogen-bond acceptors (Lipinski definition) is 2. The Morgan fingerprint density at radius 3 is 2.04 bits per heavy atom. The van der Waals surface area contributed by atoms with Crippen molar-refractivity contribution in [3.8, 4) is 11.1 Å². The van der Waals surface area contributed by atoms with E-state index in [9.17, 15) is 9.90 Å². The molecule has 1 fully saturated rings. The molecule has 0 saturated heterocycles. The van der Waals surface area contributed by atoms with Crippen LogP contribution in [0.3, 0.4) is 0 Å². The van der Waals surface area contributed by atoms with Crippen molar-refractivity contribution in [1.29, 1.82) is 0 Å². The number of aryl methyl sites for hydroxylation is 3. The fourth-order valence-electron chi connectivity index (χ4n) is 5.05. The third-order valence-electron chi connectivity index (χ3n) is 6.50. The molecule has 2 nitrogen and oxygen atoms in total. The fraction of sp³-hybridized carbons (Fsp3) is 0.400. The van der Waals surface area contributed by atoms with E-state index in [-0.39, 0.29) is 11.2 Å². The van der Waals surface area contributed by atoms with Gasteiger partial charge in [-0.15, -0.1) is 0 Å². The molecule has 0 aliphatic heterocycles. The number of carbonyl (C=O) groups excluding carboxylic acids is 1. The predicted molar refractivity (Wildman–Crippen MR) is 111 cm³/mol. The van der Waals surface area contributed by atoms with E-state index in [2.05, 4.69) is 57.2 Å². The molecule has 0 heterocycles. The standard InChI is InChI=1S/C25H28O2/c1-16-7-9-19(10-8-16)20-13-17(2)22(18(3)14-20)23-21(26)15-25(24(23)27)11-5-4-6-12-25/h7-10,13-14,27H,4-6,11-12,15H2,1-3H3. The number of aliphatic hydroxyl groups is 1. The lowest BCUT2D eigenvalue weighted by Crippen LogP contribution is -2.24. The number of carbonyl (C=O) groups is 1. The maximum atomic E-state index is 12.9. The van der Waals surface area contributed by atoms with Crippen LogP contribution in [0.2, 0.25) is 0 Å². The summed E-state index contributed by atoms with van der Waals surface area (Å²) in [6.07, 6.45) is 5.78. The molecule has 2 aromatic carbocycles. The highest BCUT2D eigenvalue weighted by molar-refractivity contribution is 6.24. The van der Waals surface area contributed by atoms with Crippen LogP contribution in [0.5, 0.6) is 0 Å². The van der Waals surface area contributed by atoms with Gasteiger partial charge in [-0.3, -0.25) is 4.79 Å². The molecule has 1 saturated carbocycles. The van der Waals surface area contributed by atoms with E-state index in [1.807, 2.05) is 0 Å². The molecule has 0 unspecified atom stereocenters. The zero-order valence-electron chi connectivity index (χ0n) is 16.6. The van der Waals surface area contributed by atoms with E-state index >= 15 is 0 Å². The van der Waals surface area contributed by atoms with Crippen molar-refractivity contribution < 1.29 is 9.90 Å².